The van der Waals surface area contributed by atoms with Gasteiger partial charge in [0, 0.05) is 16.4 Å². The predicted octanol–water partition coefficient (Wildman–Crippen LogP) is 3.96. The summed E-state index contributed by atoms with van der Waals surface area (Å²) in [5, 5.41) is 1.66. The summed E-state index contributed by atoms with van der Waals surface area (Å²) in [6.07, 6.45) is 0. The van der Waals surface area contributed by atoms with Crippen LogP contribution in [0.3, 0.4) is 0 Å². The highest BCUT2D eigenvalue weighted by molar-refractivity contribution is 7.11. The van der Waals surface area contributed by atoms with E-state index >= 15 is 0 Å². The minimum atomic E-state index is 0.388. The predicted molar refractivity (Wildman–Crippen MR) is 79.9 cm³/mol. The Hall–Kier alpha value is -1.10. The summed E-state index contributed by atoms with van der Waals surface area (Å²) in [5.74, 6) is 1.18. The van der Waals surface area contributed by atoms with Crippen LogP contribution in [-0.2, 0) is 13.2 Å². The van der Waals surface area contributed by atoms with Crippen LogP contribution in [-0.4, -0.2) is 4.98 Å². The van der Waals surface area contributed by atoms with Gasteiger partial charge in [0.25, 0.3) is 0 Å². The zero-order valence-electron chi connectivity index (χ0n) is 11.0. The fourth-order valence-electron chi connectivity index (χ4n) is 1.75. The third-order valence-electron chi connectivity index (χ3n) is 2.68. The smallest absolute Gasteiger partial charge is 0.140 e. The van der Waals surface area contributed by atoms with Crippen LogP contribution >= 0.6 is 22.9 Å². The normalized spacial score (nSPS) is 11.0. The number of halogens is 1. The SMILES string of the molecule is CC(C)c1nc(COc2ccc(Cl)cc2)sc1CN. The van der Waals surface area contributed by atoms with Crippen molar-refractivity contribution in [1.82, 2.24) is 4.98 Å². The molecule has 0 saturated heterocycles. The van der Waals surface area contributed by atoms with E-state index in [4.69, 9.17) is 22.1 Å². The Kier molecular flexibility index (Phi) is 4.80. The molecule has 0 unspecified atom stereocenters. The lowest BCUT2D eigenvalue weighted by Crippen LogP contribution is -2.00. The topological polar surface area (TPSA) is 48.1 Å². The van der Waals surface area contributed by atoms with E-state index in [1.165, 1.54) is 0 Å². The van der Waals surface area contributed by atoms with Gasteiger partial charge in [0.2, 0.25) is 0 Å². The van der Waals surface area contributed by atoms with E-state index < -0.39 is 0 Å². The number of rotatable bonds is 5. The van der Waals surface area contributed by atoms with Gasteiger partial charge in [-0.2, -0.15) is 0 Å². The van der Waals surface area contributed by atoms with Gasteiger partial charge in [-0.15, -0.1) is 11.3 Å². The van der Waals surface area contributed by atoms with E-state index in [0.717, 1.165) is 21.3 Å². The molecule has 5 heteroatoms. The first-order valence-electron chi connectivity index (χ1n) is 6.17. The minimum Gasteiger partial charge on any atom is -0.486 e. The van der Waals surface area contributed by atoms with Gasteiger partial charge in [0.1, 0.15) is 17.4 Å². The summed E-state index contributed by atoms with van der Waals surface area (Å²) in [5.41, 5.74) is 6.83. The average molecular weight is 297 g/mol. The maximum absolute atomic E-state index is 5.83. The number of nitrogens with zero attached hydrogens (tertiary/aromatic N) is 1. The van der Waals surface area contributed by atoms with Crippen LogP contribution in [0.25, 0.3) is 0 Å². The summed E-state index contributed by atoms with van der Waals surface area (Å²) in [7, 11) is 0. The van der Waals surface area contributed by atoms with E-state index in [-0.39, 0.29) is 0 Å². The second-order valence-corrected chi connectivity index (χ2v) is 6.12. The molecule has 1 heterocycles. The maximum atomic E-state index is 5.83. The highest BCUT2D eigenvalue weighted by Crippen LogP contribution is 2.26. The zero-order valence-corrected chi connectivity index (χ0v) is 12.6. The number of benzene rings is 1. The number of aromatic nitrogens is 1. The molecule has 0 aliphatic carbocycles. The van der Waals surface area contributed by atoms with Crippen LogP contribution in [0.2, 0.25) is 5.02 Å². The fraction of sp³-hybridized carbons (Fsp3) is 0.357. The van der Waals surface area contributed by atoms with Gasteiger partial charge in [0.05, 0.1) is 5.69 Å². The van der Waals surface area contributed by atoms with Crippen molar-refractivity contribution in [3.63, 3.8) is 0 Å². The maximum Gasteiger partial charge on any atom is 0.140 e. The van der Waals surface area contributed by atoms with Gasteiger partial charge in [-0.3, -0.25) is 0 Å². The average Bonchev–Trinajstić information content (AvgIpc) is 2.81. The van der Waals surface area contributed by atoms with Crippen LogP contribution < -0.4 is 10.5 Å². The second-order valence-electron chi connectivity index (χ2n) is 4.52. The summed E-state index contributed by atoms with van der Waals surface area (Å²) in [6.45, 7) is 5.24. The lowest BCUT2D eigenvalue weighted by atomic mass is 10.1. The van der Waals surface area contributed by atoms with Crippen LogP contribution in [0, 0.1) is 0 Å². The first-order valence-corrected chi connectivity index (χ1v) is 7.36. The Morgan fingerprint density at radius 2 is 2.00 bits per heavy atom. The largest absolute Gasteiger partial charge is 0.486 e. The molecule has 2 N–H and O–H groups in total. The van der Waals surface area contributed by atoms with Gasteiger partial charge >= 0.3 is 0 Å². The molecule has 0 aliphatic heterocycles. The quantitative estimate of drug-likeness (QED) is 0.908. The van der Waals surface area contributed by atoms with Crippen molar-refractivity contribution < 1.29 is 4.74 Å². The van der Waals surface area contributed by atoms with Crippen molar-refractivity contribution in [3.8, 4) is 5.75 Å². The Bertz CT molecular complexity index is 537. The molecule has 0 amide bonds. The molecule has 0 aliphatic rings. The third kappa shape index (κ3) is 3.69. The molecule has 0 fully saturated rings. The lowest BCUT2D eigenvalue weighted by Gasteiger charge is -2.03. The highest BCUT2D eigenvalue weighted by Gasteiger charge is 2.13. The molecule has 2 rings (SSSR count). The number of hydrogen-bond donors (Lipinski definition) is 1. The molecular weight excluding hydrogens is 280 g/mol. The minimum absolute atomic E-state index is 0.388. The molecule has 102 valence electrons. The van der Waals surface area contributed by atoms with E-state index in [9.17, 15) is 0 Å². The van der Waals surface area contributed by atoms with Crippen molar-refractivity contribution in [2.45, 2.75) is 32.9 Å². The number of thiazole rings is 1. The monoisotopic (exact) mass is 296 g/mol. The lowest BCUT2D eigenvalue weighted by molar-refractivity contribution is 0.305. The summed E-state index contributed by atoms with van der Waals surface area (Å²) in [6, 6.07) is 7.32. The molecule has 0 bridgehead atoms. The Labute approximate surface area is 122 Å². The molecule has 0 radical (unpaired) electrons. The Balaban J connectivity index is 2.05. The van der Waals surface area contributed by atoms with E-state index in [1.807, 2.05) is 24.3 Å². The fourth-order valence-corrected chi connectivity index (χ4v) is 2.89. The standard InChI is InChI=1S/C14H17ClN2OS/c1-9(2)14-12(7-16)19-13(17-14)8-18-11-5-3-10(15)4-6-11/h3-6,9H,7-8,16H2,1-2H3. The van der Waals surface area contributed by atoms with E-state index in [1.54, 1.807) is 11.3 Å². The first kappa shape index (κ1) is 14.3. The van der Waals surface area contributed by atoms with Crippen molar-refractivity contribution in [2.75, 3.05) is 0 Å². The van der Waals surface area contributed by atoms with Crippen LogP contribution in [0.15, 0.2) is 24.3 Å². The first-order chi connectivity index (χ1) is 9.10. The Morgan fingerprint density at radius 3 is 2.53 bits per heavy atom. The zero-order chi connectivity index (χ0) is 13.8. The third-order valence-corrected chi connectivity index (χ3v) is 4.00. The second kappa shape index (κ2) is 6.37. The Morgan fingerprint density at radius 1 is 1.32 bits per heavy atom. The number of ether oxygens (including phenoxy) is 1. The van der Waals surface area contributed by atoms with Gasteiger partial charge < -0.3 is 10.5 Å². The van der Waals surface area contributed by atoms with E-state index in [2.05, 4.69) is 18.8 Å². The molecule has 1 aromatic carbocycles. The van der Waals surface area contributed by atoms with Crippen molar-refractivity contribution in [2.24, 2.45) is 5.73 Å². The van der Waals surface area contributed by atoms with Gasteiger partial charge in [-0.25, -0.2) is 4.98 Å². The molecule has 0 saturated carbocycles. The van der Waals surface area contributed by atoms with Crippen LogP contribution in [0.1, 0.15) is 35.3 Å². The summed E-state index contributed by atoms with van der Waals surface area (Å²) >= 11 is 7.45. The molecule has 2 aromatic rings. The number of nitrogens with two attached hydrogens (primary N) is 1. The molecule has 1 aromatic heterocycles. The van der Waals surface area contributed by atoms with Gasteiger partial charge in [0.15, 0.2) is 0 Å². The van der Waals surface area contributed by atoms with Crippen molar-refractivity contribution >= 4 is 22.9 Å². The van der Waals surface area contributed by atoms with Crippen molar-refractivity contribution in [1.29, 1.82) is 0 Å². The highest BCUT2D eigenvalue weighted by atomic mass is 35.5. The van der Waals surface area contributed by atoms with Gasteiger partial charge in [-0.05, 0) is 30.2 Å². The summed E-state index contributed by atoms with van der Waals surface area (Å²) in [4.78, 5) is 5.74. The molecule has 19 heavy (non-hydrogen) atoms. The summed E-state index contributed by atoms with van der Waals surface area (Å²) < 4.78 is 5.69. The van der Waals surface area contributed by atoms with E-state index in [0.29, 0.717) is 24.1 Å². The van der Waals surface area contributed by atoms with Gasteiger partial charge in [-0.1, -0.05) is 25.4 Å². The number of hydrogen-bond acceptors (Lipinski definition) is 4. The van der Waals surface area contributed by atoms with Crippen molar-refractivity contribution in [3.05, 3.63) is 44.9 Å². The molecular formula is C14H17ClN2OS. The van der Waals surface area contributed by atoms with Crippen LogP contribution in [0.4, 0.5) is 0 Å². The molecule has 3 nitrogen and oxygen atoms in total. The van der Waals surface area contributed by atoms with Crippen LogP contribution in [0.5, 0.6) is 5.75 Å². The molecule has 0 spiro atoms. The molecule has 0 atom stereocenters.